The fourth-order valence-corrected chi connectivity index (χ4v) is 6.49. The Labute approximate surface area is 117 Å². The highest BCUT2D eigenvalue weighted by Crippen LogP contribution is 2.40. The van der Waals surface area contributed by atoms with E-state index in [4.69, 9.17) is 5.41 Å². The Balaban J connectivity index is 1.92. The summed E-state index contributed by atoms with van der Waals surface area (Å²) < 4.78 is 23.4. The van der Waals surface area contributed by atoms with E-state index in [1.807, 2.05) is 29.2 Å². The normalized spacial score (nSPS) is 28.7. The number of sulfone groups is 1. The van der Waals surface area contributed by atoms with Gasteiger partial charge in [-0.15, -0.1) is 0 Å². The minimum Gasteiger partial charge on any atom is -0.316 e. The second-order valence-corrected chi connectivity index (χ2v) is 8.38. The van der Waals surface area contributed by atoms with Crippen molar-refractivity contribution in [2.45, 2.75) is 24.6 Å². The van der Waals surface area contributed by atoms with Gasteiger partial charge in [-0.3, -0.25) is 5.41 Å². The number of fused-ring (bicyclic) bond motifs is 1. The van der Waals surface area contributed by atoms with E-state index in [-0.39, 0.29) is 22.8 Å². The second-order valence-electron chi connectivity index (χ2n) is 5.00. The van der Waals surface area contributed by atoms with Gasteiger partial charge in [0.05, 0.1) is 17.5 Å². The van der Waals surface area contributed by atoms with Crippen LogP contribution in [0.5, 0.6) is 0 Å². The van der Waals surface area contributed by atoms with Gasteiger partial charge >= 0.3 is 0 Å². The van der Waals surface area contributed by atoms with Crippen molar-refractivity contribution >= 4 is 32.5 Å². The van der Waals surface area contributed by atoms with E-state index >= 15 is 0 Å². The summed E-state index contributed by atoms with van der Waals surface area (Å²) in [5.74, 6) is 0.372. The predicted octanol–water partition coefficient (Wildman–Crippen LogP) is 1.90. The zero-order valence-corrected chi connectivity index (χ0v) is 12.3. The third-order valence-corrected chi connectivity index (χ3v) is 6.84. The number of nitrogens with zero attached hydrogens (tertiary/aromatic N) is 1. The largest absolute Gasteiger partial charge is 0.316 e. The molecule has 0 unspecified atom stereocenters. The number of hydrogen-bond donors (Lipinski definition) is 1. The van der Waals surface area contributed by atoms with E-state index in [2.05, 4.69) is 6.92 Å². The molecule has 0 spiro atoms. The molecule has 2 heterocycles. The highest BCUT2D eigenvalue weighted by molar-refractivity contribution is 8.15. The molecule has 19 heavy (non-hydrogen) atoms. The van der Waals surface area contributed by atoms with Crippen LogP contribution in [0.25, 0.3) is 0 Å². The molecule has 3 rings (SSSR count). The molecule has 2 aliphatic heterocycles. The summed E-state index contributed by atoms with van der Waals surface area (Å²) in [4.78, 5) is 1.87. The minimum absolute atomic E-state index is 0.0170. The van der Waals surface area contributed by atoms with Gasteiger partial charge in [-0.1, -0.05) is 30.8 Å². The first-order valence-electron chi connectivity index (χ1n) is 6.34. The van der Waals surface area contributed by atoms with E-state index in [9.17, 15) is 8.42 Å². The molecule has 1 aromatic rings. The Hall–Kier alpha value is -1.01. The maximum absolute atomic E-state index is 11.7. The van der Waals surface area contributed by atoms with Crippen LogP contribution in [-0.2, 0) is 16.3 Å². The van der Waals surface area contributed by atoms with Crippen LogP contribution in [0.1, 0.15) is 12.5 Å². The Kier molecular flexibility index (Phi) is 3.09. The van der Waals surface area contributed by atoms with Crippen molar-refractivity contribution in [2.75, 3.05) is 16.4 Å². The van der Waals surface area contributed by atoms with Gasteiger partial charge in [0.1, 0.15) is 0 Å². The van der Waals surface area contributed by atoms with Crippen molar-refractivity contribution in [1.29, 1.82) is 5.41 Å². The average molecular weight is 296 g/mol. The number of nitrogens with one attached hydrogen (secondary N) is 1. The lowest BCUT2D eigenvalue weighted by Gasteiger charge is -2.24. The zero-order valence-electron chi connectivity index (χ0n) is 10.7. The Morgan fingerprint density at radius 1 is 1.32 bits per heavy atom. The van der Waals surface area contributed by atoms with Crippen LogP contribution in [0.15, 0.2) is 24.3 Å². The van der Waals surface area contributed by atoms with Gasteiger partial charge in [0, 0.05) is 10.9 Å². The first kappa shape index (κ1) is 13.0. The van der Waals surface area contributed by atoms with Crippen LogP contribution < -0.4 is 4.90 Å². The SMILES string of the molecule is CCc1ccc(N2C(=N)S[C@H]3CS(=O)(=O)C[C@@H]32)cc1. The lowest BCUT2D eigenvalue weighted by atomic mass is 10.1. The first-order valence-corrected chi connectivity index (χ1v) is 9.04. The standard InChI is InChI=1S/C13H16N2O2S2/c1-2-9-3-5-10(6-4-9)15-11-7-19(16,17)8-12(11)18-13(15)14/h3-6,11-12,14H,2,7-8H2,1H3/t11-,12-/m0/s1. The molecule has 4 nitrogen and oxygen atoms in total. The summed E-state index contributed by atoms with van der Waals surface area (Å²) in [5.41, 5.74) is 2.18. The number of aryl methyl sites for hydroxylation is 1. The summed E-state index contributed by atoms with van der Waals surface area (Å²) in [5, 5.41) is 8.55. The summed E-state index contributed by atoms with van der Waals surface area (Å²) in [6.45, 7) is 2.10. The molecule has 0 saturated carbocycles. The molecular formula is C13H16N2O2S2. The molecule has 0 aliphatic carbocycles. The fourth-order valence-electron chi connectivity index (χ4n) is 2.70. The smallest absolute Gasteiger partial charge is 0.161 e. The van der Waals surface area contributed by atoms with E-state index in [0.29, 0.717) is 5.17 Å². The number of rotatable bonds is 2. The molecule has 1 aromatic carbocycles. The van der Waals surface area contributed by atoms with Gasteiger partial charge < -0.3 is 4.90 Å². The van der Waals surface area contributed by atoms with Crippen molar-refractivity contribution in [3.05, 3.63) is 29.8 Å². The molecule has 2 fully saturated rings. The molecule has 2 saturated heterocycles. The molecule has 102 valence electrons. The highest BCUT2D eigenvalue weighted by atomic mass is 32.2. The van der Waals surface area contributed by atoms with Gasteiger partial charge in [-0.2, -0.15) is 0 Å². The third kappa shape index (κ3) is 2.27. The number of benzene rings is 1. The van der Waals surface area contributed by atoms with Crippen LogP contribution in [0.4, 0.5) is 5.69 Å². The van der Waals surface area contributed by atoms with Crippen LogP contribution in [0.2, 0.25) is 0 Å². The molecule has 0 radical (unpaired) electrons. The molecule has 0 aromatic heterocycles. The molecule has 0 bridgehead atoms. The second kappa shape index (κ2) is 4.52. The molecule has 2 atom stereocenters. The predicted molar refractivity (Wildman–Crippen MR) is 79.8 cm³/mol. The fraction of sp³-hybridized carbons (Fsp3) is 0.462. The number of anilines is 1. The molecule has 2 aliphatic rings. The Morgan fingerprint density at radius 3 is 2.63 bits per heavy atom. The van der Waals surface area contributed by atoms with Gasteiger partial charge in [-0.25, -0.2) is 8.42 Å². The van der Waals surface area contributed by atoms with Gasteiger partial charge in [0.15, 0.2) is 15.0 Å². The van der Waals surface area contributed by atoms with Crippen molar-refractivity contribution in [1.82, 2.24) is 0 Å². The third-order valence-electron chi connectivity index (χ3n) is 3.71. The van der Waals surface area contributed by atoms with Crippen LogP contribution in [-0.4, -0.2) is 36.4 Å². The summed E-state index contributed by atoms with van der Waals surface area (Å²) in [6, 6.07) is 7.99. The van der Waals surface area contributed by atoms with Crippen molar-refractivity contribution in [2.24, 2.45) is 0 Å². The summed E-state index contributed by atoms with van der Waals surface area (Å²) in [7, 11) is -2.94. The highest BCUT2D eigenvalue weighted by Gasteiger charge is 2.48. The number of amidine groups is 1. The van der Waals surface area contributed by atoms with Crippen molar-refractivity contribution in [3.63, 3.8) is 0 Å². The minimum atomic E-state index is -2.94. The van der Waals surface area contributed by atoms with Crippen LogP contribution >= 0.6 is 11.8 Å². The Morgan fingerprint density at radius 2 is 2.00 bits per heavy atom. The van der Waals surface area contributed by atoms with Crippen molar-refractivity contribution < 1.29 is 8.42 Å². The average Bonchev–Trinajstić information content (AvgIpc) is 2.79. The van der Waals surface area contributed by atoms with E-state index < -0.39 is 9.84 Å². The van der Waals surface area contributed by atoms with Crippen molar-refractivity contribution in [3.8, 4) is 0 Å². The van der Waals surface area contributed by atoms with E-state index in [0.717, 1.165) is 12.1 Å². The summed E-state index contributed by atoms with van der Waals surface area (Å²) in [6.07, 6.45) is 0.979. The molecule has 6 heteroatoms. The van der Waals surface area contributed by atoms with Gasteiger partial charge in [-0.05, 0) is 24.1 Å². The molecular weight excluding hydrogens is 280 g/mol. The number of thioether (sulfide) groups is 1. The maximum Gasteiger partial charge on any atom is 0.161 e. The lowest BCUT2D eigenvalue weighted by molar-refractivity contribution is 0.601. The topological polar surface area (TPSA) is 61.2 Å². The quantitative estimate of drug-likeness (QED) is 0.905. The zero-order chi connectivity index (χ0) is 13.6. The Bertz CT molecular complexity index is 610. The number of hydrogen-bond acceptors (Lipinski definition) is 4. The molecule has 1 N–H and O–H groups in total. The van der Waals surface area contributed by atoms with E-state index in [1.165, 1.54) is 17.3 Å². The monoisotopic (exact) mass is 296 g/mol. The maximum atomic E-state index is 11.7. The summed E-state index contributed by atoms with van der Waals surface area (Å²) >= 11 is 1.38. The van der Waals surface area contributed by atoms with Gasteiger partial charge in [0.25, 0.3) is 0 Å². The lowest BCUT2D eigenvalue weighted by Crippen LogP contribution is -2.37. The molecule has 0 amide bonds. The van der Waals surface area contributed by atoms with E-state index in [1.54, 1.807) is 0 Å². The first-order chi connectivity index (χ1) is 9.00. The van der Waals surface area contributed by atoms with Gasteiger partial charge in [0.2, 0.25) is 0 Å². The van der Waals surface area contributed by atoms with Crippen LogP contribution in [0.3, 0.4) is 0 Å². The van der Waals surface area contributed by atoms with Crippen LogP contribution in [0, 0.1) is 5.41 Å².